The third-order valence-electron chi connectivity index (χ3n) is 5.00. The van der Waals surface area contributed by atoms with Gasteiger partial charge in [0.25, 0.3) is 0 Å². The minimum absolute atomic E-state index is 0.400. The molecule has 1 unspecified atom stereocenters. The molecule has 2 rings (SSSR count). The van der Waals surface area contributed by atoms with Crippen molar-refractivity contribution in [3.8, 4) is 11.5 Å². The Morgan fingerprint density at radius 2 is 1.85 bits per heavy atom. The molecule has 1 aromatic rings. The van der Waals surface area contributed by atoms with E-state index in [1.165, 1.54) is 25.7 Å². The second-order valence-electron chi connectivity index (χ2n) is 7.18. The third kappa shape index (κ3) is 5.80. The van der Waals surface area contributed by atoms with Crippen LogP contribution in [0.1, 0.15) is 39.5 Å². The van der Waals surface area contributed by atoms with Gasteiger partial charge in [0.15, 0.2) is 5.96 Å². The van der Waals surface area contributed by atoms with Gasteiger partial charge in [-0.2, -0.15) is 0 Å². The number of anilines is 1. The number of nitrogens with one attached hydrogen (secondary N) is 1. The van der Waals surface area contributed by atoms with Gasteiger partial charge in [-0.15, -0.1) is 0 Å². The fourth-order valence-electron chi connectivity index (χ4n) is 3.46. The van der Waals surface area contributed by atoms with Crippen LogP contribution in [0.2, 0.25) is 0 Å². The molecular formula is C20H34N4O2. The molecule has 0 aliphatic carbocycles. The van der Waals surface area contributed by atoms with Gasteiger partial charge < -0.3 is 20.5 Å². The molecule has 3 N–H and O–H groups in total. The van der Waals surface area contributed by atoms with Crippen molar-refractivity contribution in [2.75, 3.05) is 39.2 Å². The van der Waals surface area contributed by atoms with Crippen molar-refractivity contribution in [3.05, 3.63) is 18.2 Å². The number of hydrogen-bond acceptors (Lipinski definition) is 4. The van der Waals surface area contributed by atoms with Crippen molar-refractivity contribution in [2.24, 2.45) is 16.6 Å². The fourth-order valence-corrected chi connectivity index (χ4v) is 3.46. The lowest BCUT2D eigenvalue weighted by atomic mass is 10.0. The first-order chi connectivity index (χ1) is 12.5. The zero-order chi connectivity index (χ0) is 18.9. The Morgan fingerprint density at radius 3 is 2.42 bits per heavy atom. The Balaban J connectivity index is 2.05. The number of methoxy groups -OCH3 is 2. The number of hydrogen-bond donors (Lipinski definition) is 2. The fraction of sp³-hybridized carbons (Fsp3) is 0.650. The van der Waals surface area contributed by atoms with Crippen LogP contribution in [-0.2, 0) is 0 Å². The normalized spacial score (nSPS) is 17.7. The number of nitrogens with zero attached hydrogens (tertiary/aromatic N) is 2. The SMILES string of the molecule is COc1ccc(OC)c(NC(N)=NCC(C(C)C)N2CCCCCC2)c1. The van der Waals surface area contributed by atoms with Crippen LogP contribution in [0, 0.1) is 5.92 Å². The van der Waals surface area contributed by atoms with Gasteiger partial charge in [-0.3, -0.25) is 9.89 Å². The molecule has 0 spiro atoms. The van der Waals surface area contributed by atoms with Gasteiger partial charge >= 0.3 is 0 Å². The maximum Gasteiger partial charge on any atom is 0.193 e. The van der Waals surface area contributed by atoms with Gasteiger partial charge in [-0.1, -0.05) is 26.7 Å². The summed E-state index contributed by atoms with van der Waals surface area (Å²) in [5.41, 5.74) is 6.91. The van der Waals surface area contributed by atoms with Crippen LogP contribution in [0.3, 0.4) is 0 Å². The number of ether oxygens (including phenoxy) is 2. The van der Waals surface area contributed by atoms with Crippen LogP contribution in [-0.4, -0.2) is 50.8 Å². The molecule has 6 heteroatoms. The topological polar surface area (TPSA) is 72.1 Å². The first-order valence-corrected chi connectivity index (χ1v) is 9.58. The van der Waals surface area contributed by atoms with Crippen LogP contribution in [0.15, 0.2) is 23.2 Å². The Labute approximate surface area is 157 Å². The van der Waals surface area contributed by atoms with Gasteiger partial charge in [-0.25, -0.2) is 0 Å². The summed E-state index contributed by atoms with van der Waals surface area (Å²) in [4.78, 5) is 7.21. The summed E-state index contributed by atoms with van der Waals surface area (Å²) < 4.78 is 10.7. The Hall–Kier alpha value is -1.95. The monoisotopic (exact) mass is 362 g/mol. The number of rotatable bonds is 7. The smallest absolute Gasteiger partial charge is 0.193 e. The van der Waals surface area contributed by atoms with Crippen molar-refractivity contribution >= 4 is 11.6 Å². The van der Waals surface area contributed by atoms with E-state index < -0.39 is 0 Å². The Bertz CT molecular complexity index is 581. The molecule has 0 radical (unpaired) electrons. The molecule has 0 aromatic heterocycles. The molecule has 0 saturated carbocycles. The van der Waals surface area contributed by atoms with E-state index in [4.69, 9.17) is 15.2 Å². The molecule has 1 aliphatic heterocycles. The van der Waals surface area contributed by atoms with Crippen LogP contribution in [0.5, 0.6) is 11.5 Å². The van der Waals surface area contributed by atoms with Crippen molar-refractivity contribution in [2.45, 2.75) is 45.6 Å². The maximum absolute atomic E-state index is 6.15. The van der Waals surface area contributed by atoms with E-state index in [1.54, 1.807) is 14.2 Å². The molecular weight excluding hydrogens is 328 g/mol. The second kappa shape index (κ2) is 10.3. The largest absolute Gasteiger partial charge is 0.497 e. The molecule has 26 heavy (non-hydrogen) atoms. The summed E-state index contributed by atoms with van der Waals surface area (Å²) in [5, 5.41) is 3.15. The summed E-state index contributed by atoms with van der Waals surface area (Å²) in [6.07, 6.45) is 5.23. The molecule has 1 aromatic carbocycles. The minimum Gasteiger partial charge on any atom is -0.497 e. The molecule has 1 saturated heterocycles. The van der Waals surface area contributed by atoms with Crippen LogP contribution in [0.25, 0.3) is 0 Å². The lowest BCUT2D eigenvalue weighted by molar-refractivity contribution is 0.166. The Morgan fingerprint density at radius 1 is 1.15 bits per heavy atom. The standard InChI is InChI=1S/C20H34N4O2/c1-15(2)18(24-11-7-5-6-8-12-24)14-22-20(21)23-17-13-16(25-3)9-10-19(17)26-4/h9-10,13,15,18H,5-8,11-12,14H2,1-4H3,(H3,21,22,23). The molecule has 146 valence electrons. The predicted octanol–water partition coefficient (Wildman–Crippen LogP) is 3.33. The molecule has 0 amide bonds. The van der Waals surface area contributed by atoms with Gasteiger partial charge in [0.2, 0.25) is 0 Å². The number of likely N-dealkylation sites (tertiary alicyclic amines) is 1. The number of aliphatic imine (C=N–C) groups is 1. The lowest BCUT2D eigenvalue weighted by Gasteiger charge is -2.32. The van der Waals surface area contributed by atoms with E-state index in [-0.39, 0.29) is 0 Å². The van der Waals surface area contributed by atoms with Crippen LogP contribution < -0.4 is 20.5 Å². The molecule has 1 fully saturated rings. The van der Waals surface area contributed by atoms with Gasteiger partial charge in [0, 0.05) is 12.1 Å². The van der Waals surface area contributed by atoms with Crippen molar-refractivity contribution in [1.82, 2.24) is 4.90 Å². The summed E-state index contributed by atoms with van der Waals surface area (Å²) in [5.74, 6) is 2.38. The van der Waals surface area contributed by atoms with Crippen LogP contribution in [0.4, 0.5) is 5.69 Å². The summed E-state index contributed by atoms with van der Waals surface area (Å²) in [6, 6.07) is 5.98. The van der Waals surface area contributed by atoms with E-state index >= 15 is 0 Å². The molecule has 1 aliphatic rings. The van der Waals surface area contributed by atoms with Gasteiger partial charge in [-0.05, 0) is 44.0 Å². The molecule has 6 nitrogen and oxygen atoms in total. The minimum atomic E-state index is 0.400. The predicted molar refractivity (Wildman–Crippen MR) is 108 cm³/mol. The van der Waals surface area contributed by atoms with Gasteiger partial charge in [0.1, 0.15) is 11.5 Å². The maximum atomic E-state index is 6.15. The van der Waals surface area contributed by atoms with E-state index in [0.717, 1.165) is 24.5 Å². The van der Waals surface area contributed by atoms with E-state index in [2.05, 4.69) is 29.1 Å². The zero-order valence-corrected chi connectivity index (χ0v) is 16.6. The number of nitrogens with two attached hydrogens (primary N) is 1. The van der Waals surface area contributed by atoms with Crippen LogP contribution >= 0.6 is 0 Å². The molecule has 1 heterocycles. The zero-order valence-electron chi connectivity index (χ0n) is 16.6. The Kier molecular flexibility index (Phi) is 8.04. The second-order valence-corrected chi connectivity index (χ2v) is 7.18. The highest BCUT2D eigenvalue weighted by atomic mass is 16.5. The van der Waals surface area contributed by atoms with Crippen molar-refractivity contribution < 1.29 is 9.47 Å². The molecule has 1 atom stereocenters. The number of benzene rings is 1. The van der Waals surface area contributed by atoms with Gasteiger partial charge in [0.05, 0.1) is 26.5 Å². The lowest BCUT2D eigenvalue weighted by Crippen LogP contribution is -2.42. The average Bonchev–Trinajstić information content (AvgIpc) is 2.91. The highest BCUT2D eigenvalue weighted by molar-refractivity contribution is 5.94. The summed E-state index contributed by atoms with van der Waals surface area (Å²) >= 11 is 0. The van der Waals surface area contributed by atoms with Crippen molar-refractivity contribution in [3.63, 3.8) is 0 Å². The highest BCUT2D eigenvalue weighted by Gasteiger charge is 2.22. The van der Waals surface area contributed by atoms with E-state index in [1.807, 2.05) is 18.2 Å². The number of guanidine groups is 1. The van der Waals surface area contributed by atoms with E-state index in [0.29, 0.717) is 30.2 Å². The molecule has 0 bridgehead atoms. The third-order valence-corrected chi connectivity index (χ3v) is 5.00. The summed E-state index contributed by atoms with van der Waals surface area (Å²) in [7, 11) is 3.27. The highest BCUT2D eigenvalue weighted by Crippen LogP contribution is 2.28. The first-order valence-electron chi connectivity index (χ1n) is 9.58. The van der Waals surface area contributed by atoms with Crippen molar-refractivity contribution in [1.29, 1.82) is 0 Å². The van der Waals surface area contributed by atoms with E-state index in [9.17, 15) is 0 Å². The first kappa shape index (κ1) is 20.4. The summed E-state index contributed by atoms with van der Waals surface area (Å²) in [6.45, 7) is 7.55. The quantitative estimate of drug-likeness (QED) is 0.575. The average molecular weight is 363 g/mol.